The summed E-state index contributed by atoms with van der Waals surface area (Å²) >= 11 is 0. The molecule has 198 valence electrons. The third-order valence-electron chi connectivity index (χ3n) is 6.36. The normalized spacial score (nSPS) is 11.8. The molecule has 9 nitrogen and oxygen atoms in total. The fourth-order valence-corrected chi connectivity index (χ4v) is 4.21. The van der Waals surface area contributed by atoms with Gasteiger partial charge in [-0.05, 0) is 54.9 Å². The summed E-state index contributed by atoms with van der Waals surface area (Å²) in [5.41, 5.74) is 8.25. The minimum Gasteiger partial charge on any atom is -0.475 e. The molecule has 0 aliphatic heterocycles. The number of hydrogen-bond acceptors (Lipinski definition) is 8. The highest BCUT2D eigenvalue weighted by Crippen LogP contribution is 2.36. The van der Waals surface area contributed by atoms with Crippen LogP contribution in [0.1, 0.15) is 26.3 Å². The van der Waals surface area contributed by atoms with Crippen molar-refractivity contribution in [1.29, 1.82) is 0 Å². The summed E-state index contributed by atoms with van der Waals surface area (Å²) < 4.78 is 30.8. The van der Waals surface area contributed by atoms with Crippen molar-refractivity contribution >= 4 is 25.9 Å². The number of benzene rings is 1. The van der Waals surface area contributed by atoms with Gasteiger partial charge in [-0.1, -0.05) is 20.8 Å². The highest BCUT2D eigenvalue weighted by molar-refractivity contribution is 6.74. The maximum absolute atomic E-state index is 14.0. The van der Waals surface area contributed by atoms with E-state index in [4.69, 9.17) is 14.9 Å². The maximum Gasteiger partial charge on any atom is 0.412 e. The standard InChI is InChI=1S/C26H34FN5O4Si/c1-16-12-19(27)20(28)14-18(16)21-15-23(35-10-11-36-37(6,7)26(2,3)4)32-24(30-21)17-8-9-29-22(13-17)31-25(33)34-5/h8-9,12-15H,10-11,28H2,1-7H3,(H,29,31,33). The Bertz CT molecular complexity index is 1280. The van der Waals surface area contributed by atoms with E-state index in [2.05, 4.69) is 58.9 Å². The molecule has 37 heavy (non-hydrogen) atoms. The topological polar surface area (TPSA) is 121 Å². The Morgan fingerprint density at radius 2 is 1.86 bits per heavy atom. The Kier molecular flexibility index (Phi) is 8.49. The molecule has 2 aromatic heterocycles. The van der Waals surface area contributed by atoms with Crippen LogP contribution in [0.2, 0.25) is 18.1 Å². The molecule has 0 saturated heterocycles. The summed E-state index contributed by atoms with van der Waals surface area (Å²) in [6.07, 6.45) is 0.869. The van der Waals surface area contributed by atoms with Crippen LogP contribution in [0.25, 0.3) is 22.6 Å². The van der Waals surface area contributed by atoms with Gasteiger partial charge in [0, 0.05) is 23.4 Å². The van der Waals surface area contributed by atoms with Gasteiger partial charge in [0.25, 0.3) is 0 Å². The Morgan fingerprint density at radius 1 is 1.14 bits per heavy atom. The van der Waals surface area contributed by atoms with Crippen LogP contribution >= 0.6 is 0 Å². The monoisotopic (exact) mass is 527 g/mol. The van der Waals surface area contributed by atoms with E-state index < -0.39 is 20.2 Å². The highest BCUT2D eigenvalue weighted by Gasteiger charge is 2.36. The van der Waals surface area contributed by atoms with Gasteiger partial charge in [-0.3, -0.25) is 5.32 Å². The number of rotatable bonds is 8. The van der Waals surface area contributed by atoms with Crippen LogP contribution in [0.3, 0.4) is 0 Å². The van der Waals surface area contributed by atoms with Crippen molar-refractivity contribution in [2.75, 3.05) is 31.4 Å². The van der Waals surface area contributed by atoms with Gasteiger partial charge in [-0.15, -0.1) is 0 Å². The number of nitrogens with one attached hydrogen (secondary N) is 1. The summed E-state index contributed by atoms with van der Waals surface area (Å²) in [7, 11) is -0.661. The minimum absolute atomic E-state index is 0.0134. The Hall–Kier alpha value is -3.57. The van der Waals surface area contributed by atoms with Crippen LogP contribution in [0, 0.1) is 12.7 Å². The second kappa shape index (κ2) is 11.2. The molecule has 11 heteroatoms. The number of aryl methyl sites for hydroxylation is 1. The number of hydrogen-bond donors (Lipinski definition) is 2. The molecule has 0 radical (unpaired) electrons. The number of nitrogens with two attached hydrogens (primary N) is 1. The van der Waals surface area contributed by atoms with E-state index in [0.717, 1.165) is 0 Å². The summed E-state index contributed by atoms with van der Waals surface area (Å²) in [6.45, 7) is 13.4. The summed E-state index contributed by atoms with van der Waals surface area (Å²) in [6, 6.07) is 7.91. The SMILES string of the molecule is COC(=O)Nc1cc(-c2nc(OCCO[Si](C)(C)C(C)(C)C)cc(-c3cc(N)c(F)cc3C)n2)ccn1. The lowest BCUT2D eigenvalue weighted by atomic mass is 10.0. The van der Waals surface area contributed by atoms with Crippen molar-refractivity contribution in [2.24, 2.45) is 0 Å². The number of nitrogen functional groups attached to an aromatic ring is 1. The maximum atomic E-state index is 14.0. The number of carbonyl (C=O) groups is 1. The predicted octanol–water partition coefficient (Wildman–Crippen LogP) is 5.81. The third-order valence-corrected chi connectivity index (χ3v) is 10.9. The Labute approximate surface area is 217 Å². The molecule has 3 N–H and O–H groups in total. The number of anilines is 2. The van der Waals surface area contributed by atoms with Gasteiger partial charge in [-0.2, -0.15) is 4.98 Å². The second-order valence-electron chi connectivity index (χ2n) is 10.1. The molecule has 3 aromatic rings. The molecule has 0 saturated carbocycles. The van der Waals surface area contributed by atoms with E-state index >= 15 is 0 Å². The van der Waals surface area contributed by atoms with Gasteiger partial charge < -0.3 is 19.6 Å². The zero-order valence-corrected chi connectivity index (χ0v) is 23.3. The number of carbonyl (C=O) groups excluding carboxylic acids is 1. The lowest BCUT2D eigenvalue weighted by molar-refractivity contribution is 0.187. The van der Waals surface area contributed by atoms with Crippen molar-refractivity contribution in [1.82, 2.24) is 15.0 Å². The molecule has 0 bridgehead atoms. The van der Waals surface area contributed by atoms with Crippen molar-refractivity contribution in [2.45, 2.75) is 45.8 Å². The van der Waals surface area contributed by atoms with Crippen LogP contribution < -0.4 is 15.8 Å². The van der Waals surface area contributed by atoms with Crippen molar-refractivity contribution in [3.8, 4) is 28.5 Å². The van der Waals surface area contributed by atoms with Crippen LogP contribution in [0.5, 0.6) is 5.88 Å². The number of amides is 1. The van der Waals surface area contributed by atoms with E-state index in [1.807, 2.05) is 0 Å². The fraction of sp³-hybridized carbons (Fsp3) is 0.385. The predicted molar refractivity (Wildman–Crippen MR) is 144 cm³/mol. The van der Waals surface area contributed by atoms with Gasteiger partial charge in [0.2, 0.25) is 5.88 Å². The molecule has 1 aromatic carbocycles. The average Bonchev–Trinajstić information content (AvgIpc) is 2.83. The molecular weight excluding hydrogens is 493 g/mol. The molecule has 0 aliphatic rings. The Morgan fingerprint density at radius 3 is 2.54 bits per heavy atom. The first kappa shape index (κ1) is 28.0. The first-order valence-corrected chi connectivity index (χ1v) is 14.7. The van der Waals surface area contributed by atoms with Gasteiger partial charge >= 0.3 is 6.09 Å². The van der Waals surface area contributed by atoms with Crippen LogP contribution in [0.4, 0.5) is 20.7 Å². The molecule has 0 spiro atoms. The number of halogens is 1. The highest BCUT2D eigenvalue weighted by atomic mass is 28.4. The van der Waals surface area contributed by atoms with E-state index in [0.29, 0.717) is 47.3 Å². The third kappa shape index (κ3) is 7.01. The first-order valence-electron chi connectivity index (χ1n) is 11.8. The van der Waals surface area contributed by atoms with Crippen LogP contribution in [-0.2, 0) is 9.16 Å². The van der Waals surface area contributed by atoms with E-state index in [9.17, 15) is 9.18 Å². The van der Waals surface area contributed by atoms with Crippen molar-refractivity contribution in [3.05, 3.63) is 47.9 Å². The van der Waals surface area contributed by atoms with Crippen molar-refractivity contribution < 1.29 is 23.1 Å². The molecular formula is C26H34FN5O4Si. The molecule has 0 atom stereocenters. The molecule has 3 rings (SSSR count). The van der Waals surface area contributed by atoms with Crippen molar-refractivity contribution in [3.63, 3.8) is 0 Å². The van der Waals surface area contributed by atoms with E-state index in [1.54, 1.807) is 25.1 Å². The van der Waals surface area contributed by atoms with E-state index in [1.165, 1.54) is 25.4 Å². The lowest BCUT2D eigenvalue weighted by Crippen LogP contribution is -2.41. The number of aromatic nitrogens is 3. The average molecular weight is 528 g/mol. The van der Waals surface area contributed by atoms with Crippen LogP contribution in [0.15, 0.2) is 36.5 Å². The molecule has 2 heterocycles. The zero-order chi connectivity index (χ0) is 27.4. The molecule has 0 fully saturated rings. The molecule has 0 aliphatic carbocycles. The quantitative estimate of drug-likeness (QED) is 0.214. The van der Waals surface area contributed by atoms with Gasteiger partial charge in [0.1, 0.15) is 18.2 Å². The summed E-state index contributed by atoms with van der Waals surface area (Å²) in [4.78, 5) is 25.0. The summed E-state index contributed by atoms with van der Waals surface area (Å²) in [5, 5.41) is 2.61. The Balaban J connectivity index is 1.96. The van der Waals surface area contributed by atoms with Crippen LogP contribution in [-0.4, -0.2) is 49.7 Å². The minimum atomic E-state index is -1.93. The largest absolute Gasteiger partial charge is 0.475 e. The number of ether oxygens (including phenoxy) is 2. The summed E-state index contributed by atoms with van der Waals surface area (Å²) in [5.74, 6) is 0.420. The first-order chi connectivity index (χ1) is 17.3. The zero-order valence-electron chi connectivity index (χ0n) is 22.3. The molecule has 0 unspecified atom stereocenters. The fourth-order valence-electron chi connectivity index (χ4n) is 3.18. The number of nitrogens with zero attached hydrogens (tertiary/aromatic N) is 3. The van der Waals surface area contributed by atoms with Gasteiger partial charge in [0.05, 0.1) is 25.1 Å². The lowest BCUT2D eigenvalue weighted by Gasteiger charge is -2.36. The number of methoxy groups -OCH3 is 1. The van der Waals surface area contributed by atoms with Gasteiger partial charge in [0.15, 0.2) is 14.1 Å². The second-order valence-corrected chi connectivity index (χ2v) is 14.9. The molecule has 1 amide bonds. The number of pyridine rings is 1. The van der Waals surface area contributed by atoms with E-state index in [-0.39, 0.29) is 16.5 Å². The smallest absolute Gasteiger partial charge is 0.412 e. The van der Waals surface area contributed by atoms with Gasteiger partial charge in [-0.25, -0.2) is 19.2 Å².